The summed E-state index contributed by atoms with van der Waals surface area (Å²) in [6.45, 7) is 0. The number of primary amides is 1. The van der Waals surface area contributed by atoms with Crippen LogP contribution in [0.15, 0.2) is 53.7 Å². The van der Waals surface area contributed by atoms with Crippen molar-refractivity contribution >= 4 is 21.6 Å². The number of sulfonamides is 1. The Labute approximate surface area is 110 Å². The number of nitrogens with two attached hydrogens (primary N) is 1. The Morgan fingerprint density at radius 2 is 2.00 bits per heavy atom. The number of hydrogen-bond acceptors (Lipinski definition) is 4. The van der Waals surface area contributed by atoms with Gasteiger partial charge in [0, 0.05) is 11.8 Å². The summed E-state index contributed by atoms with van der Waals surface area (Å²) in [4.78, 5) is 14.8. The molecule has 0 saturated heterocycles. The van der Waals surface area contributed by atoms with E-state index in [4.69, 9.17) is 5.73 Å². The molecule has 0 aliphatic carbocycles. The zero-order valence-corrected chi connectivity index (χ0v) is 10.6. The van der Waals surface area contributed by atoms with Gasteiger partial charge in [-0.3, -0.25) is 14.5 Å². The molecule has 1 aromatic carbocycles. The lowest BCUT2D eigenvalue weighted by Crippen LogP contribution is -2.15. The number of benzene rings is 1. The molecule has 2 aromatic rings. The molecule has 19 heavy (non-hydrogen) atoms. The first kappa shape index (κ1) is 13.0. The molecule has 1 heterocycles. The average Bonchev–Trinajstić information content (AvgIpc) is 2.39. The Balaban J connectivity index is 2.35. The first-order valence-corrected chi connectivity index (χ1v) is 6.80. The fourth-order valence-electron chi connectivity index (χ4n) is 1.45. The first-order valence-electron chi connectivity index (χ1n) is 5.32. The van der Waals surface area contributed by atoms with Gasteiger partial charge in [0.15, 0.2) is 0 Å². The van der Waals surface area contributed by atoms with E-state index in [0.29, 0.717) is 5.69 Å². The number of anilines is 1. The Hall–Kier alpha value is -2.41. The first-order chi connectivity index (χ1) is 8.99. The normalized spacial score (nSPS) is 10.9. The van der Waals surface area contributed by atoms with Crippen LogP contribution in [0.4, 0.5) is 5.69 Å². The van der Waals surface area contributed by atoms with Crippen LogP contribution in [0.25, 0.3) is 0 Å². The molecule has 98 valence electrons. The van der Waals surface area contributed by atoms with Gasteiger partial charge in [0.1, 0.15) is 0 Å². The van der Waals surface area contributed by atoms with E-state index in [1.165, 1.54) is 36.7 Å². The van der Waals surface area contributed by atoms with Crippen LogP contribution in [0.5, 0.6) is 0 Å². The molecule has 0 radical (unpaired) electrons. The van der Waals surface area contributed by atoms with Crippen LogP contribution in [0.1, 0.15) is 10.4 Å². The Kier molecular flexibility index (Phi) is 3.48. The molecule has 0 bridgehead atoms. The molecular weight excluding hydrogens is 266 g/mol. The van der Waals surface area contributed by atoms with E-state index in [1.54, 1.807) is 12.1 Å². The topological polar surface area (TPSA) is 102 Å². The molecule has 6 nitrogen and oxygen atoms in total. The second-order valence-corrected chi connectivity index (χ2v) is 5.42. The number of pyridine rings is 1. The Bertz CT molecular complexity index is 699. The van der Waals surface area contributed by atoms with Gasteiger partial charge in [-0.15, -0.1) is 0 Å². The lowest BCUT2D eigenvalue weighted by molar-refractivity contribution is 0.1000. The molecule has 0 aliphatic heterocycles. The maximum Gasteiger partial charge on any atom is 0.261 e. The Morgan fingerprint density at radius 3 is 2.63 bits per heavy atom. The third-order valence-electron chi connectivity index (χ3n) is 2.34. The highest BCUT2D eigenvalue weighted by atomic mass is 32.2. The van der Waals surface area contributed by atoms with E-state index in [1.807, 2.05) is 0 Å². The predicted molar refractivity (Wildman–Crippen MR) is 70.0 cm³/mol. The van der Waals surface area contributed by atoms with E-state index in [-0.39, 0.29) is 10.5 Å². The maximum absolute atomic E-state index is 12.1. The molecule has 3 N–H and O–H groups in total. The van der Waals surface area contributed by atoms with E-state index < -0.39 is 15.9 Å². The standard InChI is InChI=1S/C12H11N3O3S/c13-12(16)9-3-1-5-11(7-9)19(17,18)15-10-4-2-6-14-8-10/h1-8,15H,(H2,13,16). The molecule has 0 fully saturated rings. The number of nitrogens with zero attached hydrogens (tertiary/aromatic N) is 1. The highest BCUT2D eigenvalue weighted by Gasteiger charge is 2.15. The number of rotatable bonds is 4. The van der Waals surface area contributed by atoms with E-state index >= 15 is 0 Å². The number of aromatic nitrogens is 1. The largest absolute Gasteiger partial charge is 0.366 e. The van der Waals surface area contributed by atoms with Crippen molar-refractivity contribution < 1.29 is 13.2 Å². The number of hydrogen-bond donors (Lipinski definition) is 2. The number of amides is 1. The molecular formula is C12H11N3O3S. The van der Waals surface area contributed by atoms with Crippen LogP contribution in [-0.2, 0) is 10.0 Å². The van der Waals surface area contributed by atoms with Gasteiger partial charge < -0.3 is 5.73 Å². The second kappa shape index (κ2) is 5.07. The molecule has 2 rings (SSSR count). The van der Waals surface area contributed by atoms with E-state index in [0.717, 1.165) is 0 Å². The van der Waals surface area contributed by atoms with Gasteiger partial charge in [-0.05, 0) is 30.3 Å². The zero-order chi connectivity index (χ0) is 13.9. The third kappa shape index (κ3) is 3.08. The quantitative estimate of drug-likeness (QED) is 0.869. The molecule has 0 unspecified atom stereocenters. The SMILES string of the molecule is NC(=O)c1cccc(S(=O)(=O)Nc2cccnc2)c1. The van der Waals surface area contributed by atoms with Gasteiger partial charge in [0.25, 0.3) is 10.0 Å². The van der Waals surface area contributed by atoms with Crippen LogP contribution >= 0.6 is 0 Å². The van der Waals surface area contributed by atoms with Crippen LogP contribution in [0.2, 0.25) is 0 Å². The monoisotopic (exact) mass is 277 g/mol. The van der Waals surface area contributed by atoms with Crippen molar-refractivity contribution in [2.24, 2.45) is 5.73 Å². The summed E-state index contributed by atoms with van der Waals surface area (Å²) in [7, 11) is -3.77. The molecule has 0 saturated carbocycles. The van der Waals surface area contributed by atoms with Gasteiger partial charge in [-0.1, -0.05) is 6.07 Å². The minimum atomic E-state index is -3.77. The second-order valence-electron chi connectivity index (χ2n) is 3.74. The summed E-state index contributed by atoms with van der Waals surface area (Å²) in [5, 5.41) is 0. The summed E-state index contributed by atoms with van der Waals surface area (Å²) in [6, 6.07) is 8.69. The summed E-state index contributed by atoms with van der Waals surface area (Å²) in [5.41, 5.74) is 5.59. The summed E-state index contributed by atoms with van der Waals surface area (Å²) in [6.07, 6.45) is 2.92. The number of carbonyl (C=O) groups excluding carboxylic acids is 1. The lowest BCUT2D eigenvalue weighted by Gasteiger charge is -2.08. The van der Waals surface area contributed by atoms with Crippen LogP contribution in [-0.4, -0.2) is 19.3 Å². The van der Waals surface area contributed by atoms with Crippen LogP contribution < -0.4 is 10.5 Å². The Morgan fingerprint density at radius 1 is 1.21 bits per heavy atom. The molecule has 1 aromatic heterocycles. The van der Waals surface area contributed by atoms with Crippen molar-refractivity contribution in [2.75, 3.05) is 4.72 Å². The summed E-state index contributed by atoms with van der Waals surface area (Å²) < 4.78 is 26.5. The van der Waals surface area contributed by atoms with Gasteiger partial charge in [0.2, 0.25) is 5.91 Å². The molecule has 0 aliphatic rings. The smallest absolute Gasteiger partial charge is 0.261 e. The molecule has 0 spiro atoms. The molecule has 7 heteroatoms. The van der Waals surface area contributed by atoms with Crippen molar-refractivity contribution in [3.05, 3.63) is 54.4 Å². The number of carbonyl (C=O) groups is 1. The van der Waals surface area contributed by atoms with Gasteiger partial charge in [-0.25, -0.2) is 8.42 Å². The van der Waals surface area contributed by atoms with Crippen molar-refractivity contribution in [3.63, 3.8) is 0 Å². The number of nitrogens with one attached hydrogen (secondary N) is 1. The van der Waals surface area contributed by atoms with Crippen molar-refractivity contribution in [2.45, 2.75) is 4.90 Å². The van der Waals surface area contributed by atoms with Gasteiger partial charge in [0.05, 0.1) is 16.8 Å². The minimum Gasteiger partial charge on any atom is -0.366 e. The predicted octanol–water partition coefficient (Wildman–Crippen LogP) is 0.981. The van der Waals surface area contributed by atoms with Crippen LogP contribution in [0.3, 0.4) is 0 Å². The van der Waals surface area contributed by atoms with E-state index in [9.17, 15) is 13.2 Å². The highest BCUT2D eigenvalue weighted by molar-refractivity contribution is 7.92. The van der Waals surface area contributed by atoms with Crippen molar-refractivity contribution in [1.82, 2.24) is 4.98 Å². The fourth-order valence-corrected chi connectivity index (χ4v) is 2.54. The van der Waals surface area contributed by atoms with Gasteiger partial charge >= 0.3 is 0 Å². The maximum atomic E-state index is 12.1. The third-order valence-corrected chi connectivity index (χ3v) is 3.72. The average molecular weight is 277 g/mol. The highest BCUT2D eigenvalue weighted by Crippen LogP contribution is 2.16. The molecule has 1 amide bonds. The van der Waals surface area contributed by atoms with Crippen LogP contribution in [0, 0.1) is 0 Å². The summed E-state index contributed by atoms with van der Waals surface area (Å²) in [5.74, 6) is -0.682. The fraction of sp³-hybridized carbons (Fsp3) is 0. The van der Waals surface area contributed by atoms with Gasteiger partial charge in [-0.2, -0.15) is 0 Å². The summed E-state index contributed by atoms with van der Waals surface area (Å²) >= 11 is 0. The van der Waals surface area contributed by atoms with Crippen molar-refractivity contribution in [3.8, 4) is 0 Å². The molecule has 0 atom stereocenters. The van der Waals surface area contributed by atoms with Crippen molar-refractivity contribution in [1.29, 1.82) is 0 Å². The van der Waals surface area contributed by atoms with E-state index in [2.05, 4.69) is 9.71 Å². The minimum absolute atomic E-state index is 0.0346. The lowest BCUT2D eigenvalue weighted by atomic mass is 10.2. The zero-order valence-electron chi connectivity index (χ0n) is 9.78.